The molecule has 3 rings (SSSR count). The topological polar surface area (TPSA) is 0 Å². The second-order valence-corrected chi connectivity index (χ2v) is 5.99. The smallest absolute Gasteiger partial charge is 0.000373 e. The molecule has 0 amide bonds. The van der Waals surface area contributed by atoms with Gasteiger partial charge in [-0.2, -0.15) is 0 Å². The molecule has 92 valence electrons. The Kier molecular flexibility index (Phi) is 2.55. The fraction of sp³-hybridized carbons (Fsp3) is 0.333. The summed E-state index contributed by atoms with van der Waals surface area (Å²) in [7, 11) is 0. The zero-order chi connectivity index (χ0) is 12.8. The number of rotatable bonds is 1. The number of fused-ring (bicyclic) bond motifs is 1. The van der Waals surface area contributed by atoms with Gasteiger partial charge in [-0.3, -0.25) is 0 Å². The van der Waals surface area contributed by atoms with Crippen LogP contribution in [0.3, 0.4) is 0 Å². The molecule has 18 heavy (non-hydrogen) atoms. The summed E-state index contributed by atoms with van der Waals surface area (Å²) < 4.78 is 0. The molecule has 0 aromatic heterocycles. The van der Waals surface area contributed by atoms with Crippen molar-refractivity contribution in [2.24, 2.45) is 0 Å². The zero-order valence-electron chi connectivity index (χ0n) is 11.4. The number of benzene rings is 2. The van der Waals surface area contributed by atoms with Crippen LogP contribution in [-0.2, 0) is 5.41 Å². The van der Waals surface area contributed by atoms with Crippen molar-refractivity contribution in [2.45, 2.75) is 38.0 Å². The average molecular weight is 236 g/mol. The monoisotopic (exact) mass is 236 g/mol. The van der Waals surface area contributed by atoms with Crippen LogP contribution in [-0.4, -0.2) is 0 Å². The molecule has 0 aliphatic heterocycles. The van der Waals surface area contributed by atoms with E-state index < -0.39 is 0 Å². The first-order valence-electron chi connectivity index (χ1n) is 6.76. The molecule has 1 aliphatic rings. The van der Waals surface area contributed by atoms with Gasteiger partial charge < -0.3 is 0 Å². The average Bonchev–Trinajstić information content (AvgIpc) is 2.59. The van der Waals surface area contributed by atoms with Crippen LogP contribution in [0.15, 0.2) is 54.6 Å². The Labute approximate surface area is 110 Å². The maximum atomic E-state index is 2.38. The minimum atomic E-state index is 0.220. The van der Waals surface area contributed by atoms with E-state index >= 15 is 0 Å². The highest BCUT2D eigenvalue weighted by Gasteiger charge is 2.44. The van der Waals surface area contributed by atoms with Crippen LogP contribution in [0.2, 0.25) is 0 Å². The van der Waals surface area contributed by atoms with Crippen LogP contribution in [0, 0.1) is 0 Å². The molecular formula is C18H20. The van der Waals surface area contributed by atoms with Gasteiger partial charge in [0.25, 0.3) is 0 Å². The van der Waals surface area contributed by atoms with Crippen LogP contribution in [0.4, 0.5) is 0 Å². The standard InChI is InChI=1S/C18H20/c1-13-15-11-7-8-12-16(15)18(2,3)17(13)14-9-5-4-6-10-14/h4-13,17H,1-3H3. The second-order valence-electron chi connectivity index (χ2n) is 5.99. The Bertz CT molecular complexity index is 551. The first kappa shape index (κ1) is 11.5. The first-order chi connectivity index (χ1) is 8.62. The molecule has 0 saturated carbocycles. The molecule has 0 heteroatoms. The molecule has 0 radical (unpaired) electrons. The minimum Gasteiger partial charge on any atom is -0.0622 e. The molecule has 0 fully saturated rings. The highest BCUT2D eigenvalue weighted by Crippen LogP contribution is 2.54. The SMILES string of the molecule is CC1c2ccccc2C(C)(C)C1c1ccccc1. The highest BCUT2D eigenvalue weighted by atomic mass is 14.5. The Morgan fingerprint density at radius 1 is 0.833 bits per heavy atom. The van der Waals surface area contributed by atoms with Crippen molar-refractivity contribution in [3.63, 3.8) is 0 Å². The molecule has 0 saturated heterocycles. The van der Waals surface area contributed by atoms with E-state index in [-0.39, 0.29) is 5.41 Å². The van der Waals surface area contributed by atoms with Gasteiger partial charge in [-0.05, 0) is 33.9 Å². The molecule has 2 unspecified atom stereocenters. The van der Waals surface area contributed by atoms with E-state index in [4.69, 9.17) is 0 Å². The van der Waals surface area contributed by atoms with E-state index in [0.717, 1.165) is 0 Å². The Morgan fingerprint density at radius 3 is 2.11 bits per heavy atom. The van der Waals surface area contributed by atoms with E-state index in [1.807, 2.05) is 0 Å². The van der Waals surface area contributed by atoms with E-state index in [1.54, 1.807) is 0 Å². The van der Waals surface area contributed by atoms with Crippen LogP contribution >= 0.6 is 0 Å². The van der Waals surface area contributed by atoms with Gasteiger partial charge in [0.2, 0.25) is 0 Å². The van der Waals surface area contributed by atoms with Gasteiger partial charge in [-0.25, -0.2) is 0 Å². The van der Waals surface area contributed by atoms with Crippen molar-refractivity contribution >= 4 is 0 Å². The summed E-state index contributed by atoms with van der Waals surface area (Å²) in [4.78, 5) is 0. The van der Waals surface area contributed by atoms with Gasteiger partial charge >= 0.3 is 0 Å². The van der Waals surface area contributed by atoms with Crippen molar-refractivity contribution in [3.05, 3.63) is 71.3 Å². The van der Waals surface area contributed by atoms with Gasteiger partial charge in [0, 0.05) is 0 Å². The summed E-state index contributed by atoms with van der Waals surface area (Å²) in [6.07, 6.45) is 0. The maximum absolute atomic E-state index is 2.38. The summed E-state index contributed by atoms with van der Waals surface area (Å²) in [5.41, 5.74) is 4.73. The van der Waals surface area contributed by atoms with Gasteiger partial charge in [0.15, 0.2) is 0 Å². The highest BCUT2D eigenvalue weighted by molar-refractivity contribution is 5.48. The number of hydrogen-bond donors (Lipinski definition) is 0. The third-order valence-corrected chi connectivity index (χ3v) is 4.58. The summed E-state index contributed by atoms with van der Waals surface area (Å²) in [6, 6.07) is 19.9. The van der Waals surface area contributed by atoms with E-state index in [0.29, 0.717) is 11.8 Å². The fourth-order valence-corrected chi connectivity index (χ4v) is 3.82. The molecule has 2 atom stereocenters. The lowest BCUT2D eigenvalue weighted by Gasteiger charge is -2.31. The van der Waals surface area contributed by atoms with E-state index in [2.05, 4.69) is 75.4 Å². The first-order valence-corrected chi connectivity index (χ1v) is 6.76. The van der Waals surface area contributed by atoms with Crippen molar-refractivity contribution in [2.75, 3.05) is 0 Å². The van der Waals surface area contributed by atoms with E-state index in [9.17, 15) is 0 Å². The van der Waals surface area contributed by atoms with Crippen molar-refractivity contribution in [1.82, 2.24) is 0 Å². The molecule has 0 N–H and O–H groups in total. The van der Waals surface area contributed by atoms with Crippen LogP contribution < -0.4 is 0 Å². The summed E-state index contributed by atoms with van der Waals surface area (Å²) in [6.45, 7) is 7.13. The molecule has 0 bridgehead atoms. The molecular weight excluding hydrogens is 216 g/mol. The normalized spacial score (nSPS) is 24.8. The van der Waals surface area contributed by atoms with Crippen molar-refractivity contribution in [1.29, 1.82) is 0 Å². The summed E-state index contributed by atoms with van der Waals surface area (Å²) in [5.74, 6) is 1.18. The third kappa shape index (κ3) is 1.52. The van der Waals surface area contributed by atoms with Crippen LogP contribution in [0.25, 0.3) is 0 Å². The predicted molar refractivity (Wildman–Crippen MR) is 77.1 cm³/mol. The van der Waals surface area contributed by atoms with Gasteiger partial charge in [0.1, 0.15) is 0 Å². The summed E-state index contributed by atoms with van der Waals surface area (Å²) >= 11 is 0. The minimum absolute atomic E-state index is 0.220. The molecule has 0 heterocycles. The van der Waals surface area contributed by atoms with Gasteiger partial charge in [0.05, 0.1) is 0 Å². The Morgan fingerprint density at radius 2 is 1.44 bits per heavy atom. The van der Waals surface area contributed by atoms with Crippen LogP contribution in [0.1, 0.15) is 49.3 Å². The van der Waals surface area contributed by atoms with Crippen LogP contribution in [0.5, 0.6) is 0 Å². The molecule has 1 aliphatic carbocycles. The van der Waals surface area contributed by atoms with Gasteiger partial charge in [-0.1, -0.05) is 75.4 Å². The number of hydrogen-bond acceptors (Lipinski definition) is 0. The summed E-state index contributed by atoms with van der Waals surface area (Å²) in [5, 5.41) is 0. The lowest BCUT2D eigenvalue weighted by atomic mass is 9.72. The third-order valence-electron chi connectivity index (χ3n) is 4.58. The van der Waals surface area contributed by atoms with Gasteiger partial charge in [-0.15, -0.1) is 0 Å². The second kappa shape index (κ2) is 3.98. The molecule has 2 aromatic rings. The lowest BCUT2D eigenvalue weighted by molar-refractivity contribution is 0.411. The largest absolute Gasteiger partial charge is 0.0622 e. The zero-order valence-corrected chi connectivity index (χ0v) is 11.4. The Hall–Kier alpha value is -1.56. The quantitative estimate of drug-likeness (QED) is 0.663. The Balaban J connectivity index is 2.15. The predicted octanol–water partition coefficient (Wildman–Crippen LogP) is 4.87. The lowest BCUT2D eigenvalue weighted by Crippen LogP contribution is -2.23. The van der Waals surface area contributed by atoms with E-state index in [1.165, 1.54) is 16.7 Å². The van der Waals surface area contributed by atoms with Crippen molar-refractivity contribution < 1.29 is 0 Å². The van der Waals surface area contributed by atoms with Crippen molar-refractivity contribution in [3.8, 4) is 0 Å². The maximum Gasteiger partial charge on any atom is -0.000373 e. The molecule has 0 nitrogen and oxygen atoms in total. The fourth-order valence-electron chi connectivity index (χ4n) is 3.82. The molecule has 2 aromatic carbocycles. The molecule has 0 spiro atoms.